The van der Waals surface area contributed by atoms with Gasteiger partial charge in [-0.15, -0.1) is 6.42 Å². The molecule has 12 heavy (non-hydrogen) atoms. The van der Waals surface area contributed by atoms with Crippen molar-refractivity contribution in [2.75, 3.05) is 11.9 Å². The summed E-state index contributed by atoms with van der Waals surface area (Å²) in [5.74, 6) is 2.53. The third-order valence-corrected chi connectivity index (χ3v) is 1.76. The topological polar surface area (TPSA) is 12.0 Å². The molecule has 0 atom stereocenters. The van der Waals surface area contributed by atoms with E-state index in [1.807, 2.05) is 0 Å². The molecular formula is C11H13N. The first-order valence-corrected chi connectivity index (χ1v) is 4.13. The summed E-state index contributed by atoms with van der Waals surface area (Å²) in [5.41, 5.74) is 2.44. The predicted molar refractivity (Wildman–Crippen MR) is 53.1 cm³/mol. The molecule has 1 N–H and O–H groups in total. The summed E-state index contributed by atoms with van der Waals surface area (Å²) < 4.78 is 0. The highest BCUT2D eigenvalue weighted by Crippen LogP contribution is 2.08. The SMILES string of the molecule is C#CCNc1ccc(CC)cc1. The third kappa shape index (κ3) is 2.32. The molecule has 0 aliphatic rings. The van der Waals surface area contributed by atoms with Gasteiger partial charge in [0.25, 0.3) is 0 Å². The molecule has 0 spiro atoms. The van der Waals surface area contributed by atoms with Crippen LogP contribution in [0.25, 0.3) is 0 Å². The van der Waals surface area contributed by atoms with Gasteiger partial charge in [-0.3, -0.25) is 0 Å². The quantitative estimate of drug-likeness (QED) is 0.667. The second kappa shape index (κ2) is 4.46. The number of aryl methyl sites for hydroxylation is 1. The molecule has 1 aromatic carbocycles. The molecule has 1 nitrogen and oxygen atoms in total. The Hall–Kier alpha value is -1.42. The summed E-state index contributed by atoms with van der Waals surface area (Å²) in [4.78, 5) is 0. The average molecular weight is 159 g/mol. The van der Waals surface area contributed by atoms with E-state index in [0.29, 0.717) is 6.54 Å². The second-order valence-electron chi connectivity index (χ2n) is 2.61. The zero-order chi connectivity index (χ0) is 8.81. The molecule has 0 aliphatic carbocycles. The van der Waals surface area contributed by atoms with Crippen molar-refractivity contribution in [3.63, 3.8) is 0 Å². The normalized spacial score (nSPS) is 9.00. The summed E-state index contributed by atoms with van der Waals surface area (Å²) >= 11 is 0. The summed E-state index contributed by atoms with van der Waals surface area (Å²) in [6.07, 6.45) is 6.20. The fourth-order valence-corrected chi connectivity index (χ4v) is 1.01. The molecule has 0 radical (unpaired) electrons. The number of nitrogens with one attached hydrogen (secondary N) is 1. The Morgan fingerprint density at radius 3 is 2.50 bits per heavy atom. The highest BCUT2D eigenvalue weighted by Gasteiger charge is 1.89. The molecule has 0 heterocycles. The zero-order valence-corrected chi connectivity index (χ0v) is 7.30. The number of hydrogen-bond donors (Lipinski definition) is 1. The van der Waals surface area contributed by atoms with E-state index in [1.54, 1.807) is 0 Å². The summed E-state index contributed by atoms with van der Waals surface area (Å²) in [5, 5.41) is 3.11. The number of rotatable bonds is 3. The lowest BCUT2D eigenvalue weighted by Gasteiger charge is -2.02. The van der Waals surface area contributed by atoms with Gasteiger partial charge >= 0.3 is 0 Å². The first kappa shape index (κ1) is 8.67. The van der Waals surface area contributed by atoms with Crippen LogP contribution in [0.5, 0.6) is 0 Å². The first-order chi connectivity index (χ1) is 5.86. The van der Waals surface area contributed by atoms with E-state index < -0.39 is 0 Å². The molecule has 0 aliphatic heterocycles. The van der Waals surface area contributed by atoms with Crippen molar-refractivity contribution in [2.24, 2.45) is 0 Å². The van der Waals surface area contributed by atoms with Crippen LogP contribution in [0, 0.1) is 12.3 Å². The van der Waals surface area contributed by atoms with Crippen molar-refractivity contribution in [1.82, 2.24) is 0 Å². The minimum atomic E-state index is 0.589. The fraction of sp³-hybridized carbons (Fsp3) is 0.273. The monoisotopic (exact) mass is 159 g/mol. The van der Waals surface area contributed by atoms with E-state index in [-0.39, 0.29) is 0 Å². The average Bonchev–Trinajstić information content (AvgIpc) is 2.15. The lowest BCUT2D eigenvalue weighted by atomic mass is 10.1. The van der Waals surface area contributed by atoms with E-state index >= 15 is 0 Å². The maximum absolute atomic E-state index is 5.12. The Bertz CT molecular complexity index is 266. The Morgan fingerprint density at radius 2 is 2.00 bits per heavy atom. The van der Waals surface area contributed by atoms with Gasteiger partial charge in [0.15, 0.2) is 0 Å². The van der Waals surface area contributed by atoms with E-state index in [2.05, 4.69) is 42.4 Å². The smallest absolute Gasteiger partial charge is 0.0763 e. The second-order valence-corrected chi connectivity index (χ2v) is 2.61. The molecule has 0 saturated carbocycles. The van der Waals surface area contributed by atoms with Crippen LogP contribution >= 0.6 is 0 Å². The zero-order valence-electron chi connectivity index (χ0n) is 7.30. The van der Waals surface area contributed by atoms with Gasteiger partial charge in [-0.25, -0.2) is 0 Å². The molecule has 0 bridgehead atoms. The van der Waals surface area contributed by atoms with Crippen LogP contribution in [-0.4, -0.2) is 6.54 Å². The van der Waals surface area contributed by atoms with Crippen molar-refractivity contribution in [1.29, 1.82) is 0 Å². The van der Waals surface area contributed by atoms with E-state index in [4.69, 9.17) is 6.42 Å². The largest absolute Gasteiger partial charge is 0.374 e. The van der Waals surface area contributed by atoms with Crippen molar-refractivity contribution >= 4 is 5.69 Å². The molecule has 0 saturated heterocycles. The molecule has 0 amide bonds. The van der Waals surface area contributed by atoms with Crippen LogP contribution < -0.4 is 5.32 Å². The van der Waals surface area contributed by atoms with Crippen molar-refractivity contribution in [3.8, 4) is 12.3 Å². The van der Waals surface area contributed by atoms with Gasteiger partial charge in [0.1, 0.15) is 0 Å². The van der Waals surface area contributed by atoms with Crippen molar-refractivity contribution in [2.45, 2.75) is 13.3 Å². The van der Waals surface area contributed by atoms with Gasteiger partial charge in [0.2, 0.25) is 0 Å². The van der Waals surface area contributed by atoms with Gasteiger partial charge in [-0.1, -0.05) is 25.0 Å². The third-order valence-electron chi connectivity index (χ3n) is 1.76. The maximum atomic E-state index is 5.12. The molecular weight excluding hydrogens is 146 g/mol. The van der Waals surface area contributed by atoms with Crippen molar-refractivity contribution in [3.05, 3.63) is 29.8 Å². The van der Waals surface area contributed by atoms with Gasteiger partial charge in [-0.2, -0.15) is 0 Å². The minimum Gasteiger partial charge on any atom is -0.374 e. The van der Waals surface area contributed by atoms with Crippen molar-refractivity contribution < 1.29 is 0 Å². The highest BCUT2D eigenvalue weighted by atomic mass is 14.8. The van der Waals surface area contributed by atoms with Gasteiger partial charge in [0, 0.05) is 5.69 Å². The molecule has 1 heteroatoms. The van der Waals surface area contributed by atoms with Gasteiger partial charge in [-0.05, 0) is 24.1 Å². The molecule has 0 fully saturated rings. The predicted octanol–water partition coefficient (Wildman–Crippen LogP) is 2.29. The number of benzene rings is 1. The molecule has 0 aromatic heterocycles. The number of terminal acetylenes is 1. The summed E-state index contributed by atoms with van der Waals surface area (Å²) in [6.45, 7) is 2.73. The Labute approximate surface area is 73.8 Å². The van der Waals surface area contributed by atoms with E-state index in [0.717, 1.165) is 12.1 Å². The Kier molecular flexibility index (Phi) is 3.22. The molecule has 1 aromatic rings. The van der Waals surface area contributed by atoms with Crippen LogP contribution in [-0.2, 0) is 6.42 Å². The van der Waals surface area contributed by atoms with Crippen LogP contribution in [0.2, 0.25) is 0 Å². The first-order valence-electron chi connectivity index (χ1n) is 4.13. The van der Waals surface area contributed by atoms with E-state index in [9.17, 15) is 0 Å². The van der Waals surface area contributed by atoms with E-state index in [1.165, 1.54) is 5.56 Å². The molecule has 62 valence electrons. The lowest BCUT2D eigenvalue weighted by molar-refractivity contribution is 1.14. The standard InChI is InChI=1S/C11H13N/c1-3-9-12-11-7-5-10(4-2)6-8-11/h1,5-8,12H,4,9H2,2H3. The van der Waals surface area contributed by atoms with Gasteiger partial charge < -0.3 is 5.32 Å². The fourth-order valence-electron chi connectivity index (χ4n) is 1.01. The number of anilines is 1. The Morgan fingerprint density at radius 1 is 1.33 bits per heavy atom. The maximum Gasteiger partial charge on any atom is 0.0763 e. The molecule has 1 rings (SSSR count). The van der Waals surface area contributed by atoms with Crippen LogP contribution in [0.1, 0.15) is 12.5 Å². The summed E-state index contributed by atoms with van der Waals surface area (Å²) in [6, 6.07) is 8.32. The minimum absolute atomic E-state index is 0.589. The number of hydrogen-bond acceptors (Lipinski definition) is 1. The summed E-state index contributed by atoms with van der Waals surface area (Å²) in [7, 11) is 0. The van der Waals surface area contributed by atoms with Gasteiger partial charge in [0.05, 0.1) is 6.54 Å². The lowest BCUT2D eigenvalue weighted by Crippen LogP contribution is -1.97. The van der Waals surface area contributed by atoms with Crippen LogP contribution in [0.3, 0.4) is 0 Å². The Balaban J connectivity index is 2.60. The van der Waals surface area contributed by atoms with Crippen LogP contribution in [0.15, 0.2) is 24.3 Å². The molecule has 0 unspecified atom stereocenters. The van der Waals surface area contributed by atoms with Crippen LogP contribution in [0.4, 0.5) is 5.69 Å². The highest BCUT2D eigenvalue weighted by molar-refractivity contribution is 5.45.